The van der Waals surface area contributed by atoms with Crippen molar-refractivity contribution in [2.45, 2.75) is 45.4 Å². The van der Waals surface area contributed by atoms with Gasteiger partial charge in [-0.05, 0) is 30.9 Å². The number of para-hydroxylation sites is 1. The third-order valence-electron chi connectivity index (χ3n) is 4.79. The highest BCUT2D eigenvalue weighted by Crippen LogP contribution is 2.31. The van der Waals surface area contributed by atoms with Crippen LogP contribution in [0.4, 0.5) is 10.5 Å². The molecule has 0 saturated heterocycles. The third-order valence-corrected chi connectivity index (χ3v) is 4.79. The van der Waals surface area contributed by atoms with Crippen molar-refractivity contribution in [2.24, 2.45) is 5.92 Å². The average Bonchev–Trinajstić information content (AvgIpc) is 2.73. The Hall–Kier alpha value is -2.81. The van der Waals surface area contributed by atoms with Gasteiger partial charge in [-0.1, -0.05) is 38.3 Å². The molecule has 1 atom stereocenters. The maximum atomic E-state index is 12.4. The van der Waals surface area contributed by atoms with Gasteiger partial charge >= 0.3 is 6.09 Å². The third kappa shape index (κ3) is 7.26. The molecule has 1 heterocycles. The van der Waals surface area contributed by atoms with Crippen molar-refractivity contribution >= 4 is 24.1 Å². The van der Waals surface area contributed by atoms with Gasteiger partial charge in [0.05, 0.1) is 24.8 Å². The number of carbonyl (C=O) groups is 3. The highest BCUT2D eigenvalue weighted by molar-refractivity contribution is 5.80. The van der Waals surface area contributed by atoms with Crippen LogP contribution in [0.15, 0.2) is 18.2 Å². The molecule has 0 spiro atoms. The average molecular weight is 406 g/mol. The number of hydroxylamine groups is 2. The predicted octanol–water partition coefficient (Wildman–Crippen LogP) is 2.25. The van der Waals surface area contributed by atoms with Crippen LogP contribution in [0.3, 0.4) is 0 Å². The maximum absolute atomic E-state index is 12.4. The van der Waals surface area contributed by atoms with Crippen LogP contribution >= 0.6 is 0 Å². The molecule has 1 aliphatic rings. The summed E-state index contributed by atoms with van der Waals surface area (Å²) in [5, 5.41) is 18.2. The molecule has 160 valence electrons. The molecule has 2 rings (SSSR count). The van der Waals surface area contributed by atoms with E-state index < -0.39 is 12.0 Å². The summed E-state index contributed by atoms with van der Waals surface area (Å²) in [4.78, 5) is 35.1. The number of unbranched alkanes of at least 4 members (excludes halogenated alkanes) is 2. The number of ether oxygens (including phenoxy) is 1. The van der Waals surface area contributed by atoms with Gasteiger partial charge < -0.3 is 20.7 Å². The van der Waals surface area contributed by atoms with Crippen molar-refractivity contribution in [1.82, 2.24) is 15.7 Å². The predicted molar refractivity (Wildman–Crippen MR) is 108 cm³/mol. The molecular weight excluding hydrogens is 376 g/mol. The second-order valence-electron chi connectivity index (χ2n) is 7.02. The van der Waals surface area contributed by atoms with Crippen LogP contribution in [0, 0.1) is 5.92 Å². The highest BCUT2D eigenvalue weighted by Gasteiger charge is 2.21. The van der Waals surface area contributed by atoms with E-state index in [-0.39, 0.29) is 25.5 Å². The first-order valence-corrected chi connectivity index (χ1v) is 10.0. The van der Waals surface area contributed by atoms with Crippen molar-refractivity contribution < 1.29 is 24.3 Å². The van der Waals surface area contributed by atoms with Crippen LogP contribution < -0.4 is 20.7 Å². The number of hydrogen-bond donors (Lipinski definition) is 4. The molecule has 0 aromatic heterocycles. The lowest BCUT2D eigenvalue weighted by atomic mass is 10.0. The second-order valence-corrected chi connectivity index (χ2v) is 7.02. The van der Waals surface area contributed by atoms with Crippen LogP contribution in [-0.4, -0.2) is 48.4 Å². The summed E-state index contributed by atoms with van der Waals surface area (Å²) >= 11 is 0. The fourth-order valence-electron chi connectivity index (χ4n) is 3.26. The van der Waals surface area contributed by atoms with E-state index in [9.17, 15) is 19.6 Å². The fraction of sp³-hybridized carbons (Fsp3) is 0.550. The normalized spacial score (nSPS) is 13.4. The lowest BCUT2D eigenvalue weighted by molar-refractivity contribution is -0.154. The van der Waals surface area contributed by atoms with Gasteiger partial charge in [-0.3, -0.25) is 14.8 Å². The van der Waals surface area contributed by atoms with Crippen molar-refractivity contribution in [3.63, 3.8) is 0 Å². The largest absolute Gasteiger partial charge is 0.414 e. The highest BCUT2D eigenvalue weighted by atomic mass is 16.6. The van der Waals surface area contributed by atoms with Crippen molar-refractivity contribution in [3.8, 4) is 5.75 Å². The summed E-state index contributed by atoms with van der Waals surface area (Å²) in [6.07, 6.45) is 4.85. The van der Waals surface area contributed by atoms with Gasteiger partial charge in [-0.25, -0.2) is 9.86 Å². The number of benzene rings is 1. The number of fused-ring (bicyclic) bond motifs is 1. The molecule has 4 N–H and O–H groups in total. The standard InChI is InChI=1S/C20H30N4O5/c1-2-3-4-7-16(12-24(28)14-25)19(26)22-13-23-20(27)29-17-10-5-8-15-9-6-11-21-18(15)17/h5,8,10,14,16,21,28H,2-4,6-7,9,11-13H2,1H3,(H,22,26)(H,23,27)/t16-/m1/s1. The zero-order valence-electron chi connectivity index (χ0n) is 16.8. The molecule has 9 nitrogen and oxygen atoms in total. The number of nitrogens with one attached hydrogen (secondary N) is 3. The van der Waals surface area contributed by atoms with Gasteiger partial charge in [0.2, 0.25) is 12.3 Å². The summed E-state index contributed by atoms with van der Waals surface area (Å²) in [5.74, 6) is -0.452. The van der Waals surface area contributed by atoms with Gasteiger partial charge in [0.1, 0.15) is 0 Å². The van der Waals surface area contributed by atoms with E-state index in [1.165, 1.54) is 0 Å². The van der Waals surface area contributed by atoms with E-state index >= 15 is 0 Å². The molecule has 1 aliphatic heterocycles. The monoisotopic (exact) mass is 406 g/mol. The number of aryl methyl sites for hydroxylation is 1. The van der Waals surface area contributed by atoms with Gasteiger partial charge in [0.15, 0.2) is 5.75 Å². The molecule has 0 aliphatic carbocycles. The van der Waals surface area contributed by atoms with Crippen LogP contribution in [0.5, 0.6) is 5.75 Å². The zero-order chi connectivity index (χ0) is 21.1. The van der Waals surface area contributed by atoms with Crippen molar-refractivity contribution in [3.05, 3.63) is 23.8 Å². The van der Waals surface area contributed by atoms with Gasteiger partial charge in [0.25, 0.3) is 0 Å². The minimum absolute atomic E-state index is 0.0919. The molecule has 0 radical (unpaired) electrons. The summed E-state index contributed by atoms with van der Waals surface area (Å²) in [6.45, 7) is 2.67. The number of nitrogens with zero attached hydrogens (tertiary/aromatic N) is 1. The smallest absolute Gasteiger partial charge is 0.408 e. The Labute approximate surface area is 170 Å². The van der Waals surface area contributed by atoms with E-state index in [2.05, 4.69) is 16.0 Å². The van der Waals surface area contributed by atoms with Gasteiger partial charge in [-0.15, -0.1) is 0 Å². The molecule has 3 amide bonds. The topological polar surface area (TPSA) is 120 Å². The summed E-state index contributed by atoms with van der Waals surface area (Å²) in [5.41, 5.74) is 1.93. The Bertz CT molecular complexity index is 697. The first-order chi connectivity index (χ1) is 14.0. The Morgan fingerprint density at radius 1 is 1.34 bits per heavy atom. The number of carbonyl (C=O) groups excluding carboxylic acids is 3. The summed E-state index contributed by atoms with van der Waals surface area (Å²) in [7, 11) is 0. The molecule has 1 aromatic rings. The van der Waals surface area contributed by atoms with Crippen LogP contribution in [-0.2, 0) is 16.0 Å². The number of hydrogen-bond acceptors (Lipinski definition) is 6. The SMILES string of the molecule is CCCCC[C@H](CN(O)C=O)C(=O)NCNC(=O)Oc1cccc2c1NCCC2. The quantitative estimate of drug-likeness (QED) is 0.147. The minimum Gasteiger partial charge on any atom is -0.408 e. The van der Waals surface area contributed by atoms with E-state index in [1.807, 2.05) is 19.1 Å². The van der Waals surface area contributed by atoms with Crippen LogP contribution in [0.25, 0.3) is 0 Å². The van der Waals surface area contributed by atoms with E-state index in [0.29, 0.717) is 17.2 Å². The first kappa shape index (κ1) is 22.5. The molecule has 1 aromatic carbocycles. The summed E-state index contributed by atoms with van der Waals surface area (Å²) < 4.78 is 5.36. The Morgan fingerprint density at radius 3 is 2.93 bits per heavy atom. The fourth-order valence-corrected chi connectivity index (χ4v) is 3.26. The van der Waals surface area contributed by atoms with Crippen LogP contribution in [0.1, 0.15) is 44.6 Å². The molecule has 0 saturated carbocycles. The van der Waals surface area contributed by atoms with Gasteiger partial charge in [0, 0.05) is 6.54 Å². The summed E-state index contributed by atoms with van der Waals surface area (Å²) in [6, 6.07) is 5.55. The minimum atomic E-state index is -0.676. The van der Waals surface area contributed by atoms with E-state index in [0.717, 1.165) is 49.9 Å². The zero-order valence-corrected chi connectivity index (χ0v) is 16.8. The van der Waals surface area contributed by atoms with E-state index in [4.69, 9.17) is 4.74 Å². The molecule has 29 heavy (non-hydrogen) atoms. The Kier molecular flexibility index (Phi) is 9.23. The molecular formula is C20H30N4O5. The Balaban J connectivity index is 1.81. The maximum Gasteiger partial charge on any atom is 0.414 e. The van der Waals surface area contributed by atoms with Gasteiger partial charge in [-0.2, -0.15) is 0 Å². The molecule has 0 unspecified atom stereocenters. The van der Waals surface area contributed by atoms with Crippen LogP contribution in [0.2, 0.25) is 0 Å². The first-order valence-electron chi connectivity index (χ1n) is 10.0. The van der Waals surface area contributed by atoms with Crippen molar-refractivity contribution in [2.75, 3.05) is 25.1 Å². The van der Waals surface area contributed by atoms with E-state index in [1.54, 1.807) is 6.07 Å². The second kappa shape index (κ2) is 11.9. The molecule has 9 heteroatoms. The lowest BCUT2D eigenvalue weighted by Gasteiger charge is -2.21. The molecule has 0 fully saturated rings. The number of amides is 3. The number of anilines is 1. The number of rotatable bonds is 11. The molecule has 0 bridgehead atoms. The lowest BCUT2D eigenvalue weighted by Crippen LogP contribution is -2.43. The Morgan fingerprint density at radius 2 is 2.17 bits per heavy atom. The van der Waals surface area contributed by atoms with Crippen molar-refractivity contribution in [1.29, 1.82) is 0 Å².